The average Bonchev–Trinajstić information content (AvgIpc) is 3.16. The lowest BCUT2D eigenvalue weighted by molar-refractivity contribution is 0.0746. The molecule has 1 N–H and O–H groups in total. The van der Waals surface area contributed by atoms with Crippen LogP contribution in [0.4, 0.5) is 0 Å². The van der Waals surface area contributed by atoms with Crippen LogP contribution in [0.15, 0.2) is 22.8 Å². The van der Waals surface area contributed by atoms with Crippen LogP contribution in [0.5, 0.6) is 0 Å². The highest BCUT2D eigenvalue weighted by Crippen LogP contribution is 2.38. The molecule has 0 spiro atoms. The van der Waals surface area contributed by atoms with Crippen molar-refractivity contribution < 1.29 is 22.4 Å². The fourth-order valence-electron chi connectivity index (χ4n) is 3.76. The first-order valence-corrected chi connectivity index (χ1v) is 9.98. The molecule has 0 bridgehead atoms. The minimum atomic E-state index is -3.10. The fraction of sp³-hybridized carbons (Fsp3) is 0.688. The van der Waals surface area contributed by atoms with E-state index in [1.54, 1.807) is 16.4 Å². The summed E-state index contributed by atoms with van der Waals surface area (Å²) in [6.45, 7) is 2.09. The second kappa shape index (κ2) is 6.16. The predicted octanol–water partition coefficient (Wildman–Crippen LogP) is 0.839. The minimum absolute atomic E-state index is 0.0558. The van der Waals surface area contributed by atoms with Crippen molar-refractivity contribution in [3.05, 3.63) is 24.2 Å². The molecule has 3 fully saturated rings. The minimum Gasteiger partial charge on any atom is -0.459 e. The number of carbonyl (C=O) groups excluding carboxylic acids is 1. The zero-order valence-corrected chi connectivity index (χ0v) is 14.2. The highest BCUT2D eigenvalue weighted by Gasteiger charge is 2.47. The van der Waals surface area contributed by atoms with Crippen molar-refractivity contribution in [3.63, 3.8) is 0 Å². The molecule has 0 aromatic carbocycles. The van der Waals surface area contributed by atoms with E-state index in [1.165, 1.54) is 6.26 Å². The molecule has 0 radical (unpaired) electrons. The Morgan fingerprint density at radius 2 is 2.17 bits per heavy atom. The van der Waals surface area contributed by atoms with Gasteiger partial charge in [-0.2, -0.15) is 0 Å². The standard InChI is InChI=1S/C16H22N2O5S/c19-16(14-2-1-7-22-14)17-8-15-13-5-6-18(9-11(13)10-23-15)24(20,21)12-3-4-12/h1-2,7,11-13,15H,3-6,8-10H2,(H,17,19)/t11-,13-,15+/m1/s1. The van der Waals surface area contributed by atoms with Crippen molar-refractivity contribution in [2.24, 2.45) is 11.8 Å². The third kappa shape index (κ3) is 2.98. The summed E-state index contributed by atoms with van der Waals surface area (Å²) >= 11 is 0. The molecule has 4 rings (SSSR count). The Morgan fingerprint density at radius 3 is 2.88 bits per heavy atom. The molecule has 24 heavy (non-hydrogen) atoms. The van der Waals surface area contributed by atoms with Gasteiger partial charge in [-0.1, -0.05) is 0 Å². The number of nitrogens with zero attached hydrogens (tertiary/aromatic N) is 1. The van der Waals surface area contributed by atoms with Gasteiger partial charge in [0.25, 0.3) is 5.91 Å². The fourth-order valence-corrected chi connectivity index (χ4v) is 5.67. The number of furan rings is 1. The summed E-state index contributed by atoms with van der Waals surface area (Å²) in [6, 6.07) is 3.29. The third-order valence-electron chi connectivity index (χ3n) is 5.27. The zero-order chi connectivity index (χ0) is 16.7. The van der Waals surface area contributed by atoms with E-state index in [4.69, 9.17) is 9.15 Å². The Bertz CT molecular complexity index is 698. The van der Waals surface area contributed by atoms with E-state index in [1.807, 2.05) is 0 Å². The lowest BCUT2D eigenvalue weighted by atomic mass is 9.85. The molecule has 2 aliphatic heterocycles. The molecule has 132 valence electrons. The van der Waals surface area contributed by atoms with Crippen molar-refractivity contribution in [2.45, 2.75) is 30.6 Å². The number of hydrogen-bond acceptors (Lipinski definition) is 5. The maximum Gasteiger partial charge on any atom is 0.287 e. The lowest BCUT2D eigenvalue weighted by Gasteiger charge is -2.34. The maximum atomic E-state index is 12.4. The summed E-state index contributed by atoms with van der Waals surface area (Å²) in [5.74, 6) is 0.557. The van der Waals surface area contributed by atoms with Gasteiger partial charge < -0.3 is 14.5 Å². The Morgan fingerprint density at radius 1 is 1.33 bits per heavy atom. The summed E-state index contributed by atoms with van der Waals surface area (Å²) in [5, 5.41) is 2.69. The van der Waals surface area contributed by atoms with Gasteiger partial charge in [0.2, 0.25) is 10.0 Å². The molecule has 1 saturated carbocycles. The van der Waals surface area contributed by atoms with E-state index < -0.39 is 10.0 Å². The number of sulfonamides is 1. The Hall–Kier alpha value is -1.38. The van der Waals surface area contributed by atoms with E-state index in [0.717, 1.165) is 19.3 Å². The first-order valence-electron chi connectivity index (χ1n) is 8.48. The number of hydrogen-bond donors (Lipinski definition) is 1. The van der Waals surface area contributed by atoms with Crippen molar-refractivity contribution in [3.8, 4) is 0 Å². The van der Waals surface area contributed by atoms with Crippen LogP contribution in [0, 0.1) is 11.8 Å². The summed E-state index contributed by atoms with van der Waals surface area (Å²) in [4.78, 5) is 11.9. The van der Waals surface area contributed by atoms with Crippen molar-refractivity contribution in [1.82, 2.24) is 9.62 Å². The summed E-state index contributed by atoms with van der Waals surface area (Å²) < 4.78 is 37.3. The molecular formula is C16H22N2O5S. The molecule has 1 aromatic rings. The molecule has 0 unspecified atom stereocenters. The van der Waals surface area contributed by atoms with E-state index >= 15 is 0 Å². The molecule has 7 nitrogen and oxygen atoms in total. The number of ether oxygens (including phenoxy) is 1. The quantitative estimate of drug-likeness (QED) is 0.846. The SMILES string of the molecule is O=C(NC[C@@H]1OC[C@H]2CN(S(=O)(=O)C3CC3)CC[C@H]21)c1ccco1. The normalized spacial score (nSPS) is 30.9. The highest BCUT2D eigenvalue weighted by atomic mass is 32.2. The Labute approximate surface area is 141 Å². The largest absolute Gasteiger partial charge is 0.459 e. The van der Waals surface area contributed by atoms with E-state index in [2.05, 4.69) is 5.32 Å². The zero-order valence-electron chi connectivity index (χ0n) is 13.4. The predicted molar refractivity (Wildman–Crippen MR) is 85.9 cm³/mol. The van der Waals surface area contributed by atoms with Crippen LogP contribution in [-0.4, -0.2) is 56.2 Å². The number of rotatable bonds is 5. The molecule has 3 atom stereocenters. The van der Waals surface area contributed by atoms with Gasteiger partial charge in [-0.15, -0.1) is 0 Å². The molecule has 1 aromatic heterocycles. The first kappa shape index (κ1) is 16.1. The van der Waals surface area contributed by atoms with E-state index in [-0.39, 0.29) is 28.9 Å². The van der Waals surface area contributed by atoms with Gasteiger partial charge >= 0.3 is 0 Å². The third-order valence-corrected chi connectivity index (χ3v) is 7.64. The lowest BCUT2D eigenvalue weighted by Crippen LogP contribution is -2.47. The van der Waals surface area contributed by atoms with Gasteiger partial charge in [0.05, 0.1) is 24.2 Å². The maximum absolute atomic E-state index is 12.4. The van der Waals surface area contributed by atoms with Crippen molar-refractivity contribution in [1.29, 1.82) is 0 Å². The Balaban J connectivity index is 1.32. The Kier molecular flexibility index (Phi) is 4.14. The molecule has 3 heterocycles. The van der Waals surface area contributed by atoms with Gasteiger partial charge in [-0.05, 0) is 37.3 Å². The van der Waals surface area contributed by atoms with Crippen molar-refractivity contribution in [2.75, 3.05) is 26.2 Å². The van der Waals surface area contributed by atoms with E-state index in [9.17, 15) is 13.2 Å². The second-order valence-corrected chi connectivity index (χ2v) is 9.09. The average molecular weight is 354 g/mol. The molecule has 1 aliphatic carbocycles. The van der Waals surface area contributed by atoms with Gasteiger partial charge in [-0.3, -0.25) is 4.79 Å². The van der Waals surface area contributed by atoms with Crippen LogP contribution in [0.3, 0.4) is 0 Å². The van der Waals surface area contributed by atoms with Crippen LogP contribution in [0.25, 0.3) is 0 Å². The van der Waals surface area contributed by atoms with Crippen molar-refractivity contribution >= 4 is 15.9 Å². The van der Waals surface area contributed by atoms with Gasteiger partial charge in [-0.25, -0.2) is 12.7 Å². The van der Waals surface area contributed by atoms with Gasteiger partial charge in [0, 0.05) is 25.6 Å². The number of amides is 1. The second-order valence-electron chi connectivity index (χ2n) is 6.87. The molecule has 3 aliphatic rings. The number of piperidine rings is 1. The molecule has 1 amide bonds. The topological polar surface area (TPSA) is 88.9 Å². The van der Waals surface area contributed by atoms with Crippen LogP contribution < -0.4 is 5.32 Å². The van der Waals surface area contributed by atoms with Gasteiger partial charge in [0.15, 0.2) is 5.76 Å². The van der Waals surface area contributed by atoms with Crippen LogP contribution in [0.1, 0.15) is 29.8 Å². The summed E-state index contributed by atoms with van der Waals surface area (Å²) in [6.07, 6.45) is 3.79. The van der Waals surface area contributed by atoms with Crippen LogP contribution >= 0.6 is 0 Å². The summed E-state index contributed by atoms with van der Waals surface area (Å²) in [7, 11) is -3.10. The van der Waals surface area contributed by atoms with Gasteiger partial charge in [0.1, 0.15) is 0 Å². The first-order chi connectivity index (χ1) is 11.6. The molecular weight excluding hydrogens is 332 g/mol. The monoisotopic (exact) mass is 354 g/mol. The van der Waals surface area contributed by atoms with Crippen LogP contribution in [0.2, 0.25) is 0 Å². The number of fused-ring (bicyclic) bond motifs is 1. The van der Waals surface area contributed by atoms with E-state index in [0.29, 0.717) is 32.2 Å². The van der Waals surface area contributed by atoms with Crippen LogP contribution in [-0.2, 0) is 14.8 Å². The molecule has 8 heteroatoms. The number of carbonyl (C=O) groups is 1. The highest BCUT2D eigenvalue weighted by molar-refractivity contribution is 7.90. The number of nitrogens with one attached hydrogen (secondary N) is 1. The molecule has 2 saturated heterocycles. The summed E-state index contributed by atoms with van der Waals surface area (Å²) in [5.41, 5.74) is 0. The smallest absolute Gasteiger partial charge is 0.287 e.